The molecule has 0 aromatic heterocycles. The quantitative estimate of drug-likeness (QED) is 0.815. The Morgan fingerprint density at radius 3 is 2.50 bits per heavy atom. The molecule has 1 aromatic rings. The van der Waals surface area contributed by atoms with Crippen LogP contribution in [0.1, 0.15) is 54.4 Å². The van der Waals surface area contributed by atoms with Gasteiger partial charge in [0.25, 0.3) is 5.91 Å². The molecular formula is C15H20BrNO. The molecule has 0 spiro atoms. The SMILES string of the molecule is Cc1cc(C(=O)NC2CCCCCC2)ccc1Br. The molecular weight excluding hydrogens is 290 g/mol. The van der Waals surface area contributed by atoms with Gasteiger partial charge >= 0.3 is 0 Å². The topological polar surface area (TPSA) is 29.1 Å². The summed E-state index contributed by atoms with van der Waals surface area (Å²) >= 11 is 3.46. The van der Waals surface area contributed by atoms with Crippen LogP contribution in [0.15, 0.2) is 22.7 Å². The summed E-state index contributed by atoms with van der Waals surface area (Å²) in [7, 11) is 0. The lowest BCUT2D eigenvalue weighted by Crippen LogP contribution is -2.34. The minimum atomic E-state index is 0.0671. The molecule has 1 aliphatic rings. The number of rotatable bonds is 2. The van der Waals surface area contributed by atoms with E-state index in [1.807, 2.05) is 25.1 Å². The van der Waals surface area contributed by atoms with Gasteiger partial charge in [0.1, 0.15) is 0 Å². The summed E-state index contributed by atoms with van der Waals surface area (Å²) in [6.45, 7) is 2.01. The van der Waals surface area contributed by atoms with Gasteiger partial charge in [0.05, 0.1) is 0 Å². The van der Waals surface area contributed by atoms with Gasteiger partial charge in [0, 0.05) is 16.1 Å². The number of halogens is 1. The van der Waals surface area contributed by atoms with Gasteiger partial charge in [0.2, 0.25) is 0 Å². The van der Waals surface area contributed by atoms with Crippen LogP contribution in [0.5, 0.6) is 0 Å². The highest BCUT2D eigenvalue weighted by Gasteiger charge is 2.15. The molecule has 2 nitrogen and oxygen atoms in total. The maximum Gasteiger partial charge on any atom is 0.251 e. The summed E-state index contributed by atoms with van der Waals surface area (Å²) in [5, 5.41) is 3.17. The number of aryl methyl sites for hydroxylation is 1. The Balaban J connectivity index is 1.99. The summed E-state index contributed by atoms with van der Waals surface area (Å²) in [5.74, 6) is 0.0671. The van der Waals surface area contributed by atoms with Gasteiger partial charge in [-0.25, -0.2) is 0 Å². The second kappa shape index (κ2) is 6.37. The Labute approximate surface area is 117 Å². The molecule has 3 heteroatoms. The van der Waals surface area contributed by atoms with Crippen molar-refractivity contribution < 1.29 is 4.79 Å². The molecule has 0 aliphatic heterocycles. The number of carbonyl (C=O) groups is 1. The number of carbonyl (C=O) groups excluding carboxylic acids is 1. The summed E-state index contributed by atoms with van der Waals surface area (Å²) in [4.78, 5) is 12.2. The van der Waals surface area contributed by atoms with Crippen molar-refractivity contribution in [1.29, 1.82) is 0 Å². The van der Waals surface area contributed by atoms with Gasteiger partial charge in [-0.05, 0) is 43.5 Å². The fourth-order valence-corrected chi connectivity index (χ4v) is 2.72. The Morgan fingerprint density at radius 1 is 1.22 bits per heavy atom. The number of benzene rings is 1. The average molecular weight is 310 g/mol. The predicted octanol–water partition coefficient (Wildman–Crippen LogP) is 4.21. The lowest BCUT2D eigenvalue weighted by atomic mass is 10.1. The Kier molecular flexibility index (Phi) is 4.81. The summed E-state index contributed by atoms with van der Waals surface area (Å²) in [5.41, 5.74) is 1.86. The molecule has 2 rings (SSSR count). The van der Waals surface area contributed by atoms with Crippen LogP contribution in [0.25, 0.3) is 0 Å². The summed E-state index contributed by atoms with van der Waals surface area (Å²) < 4.78 is 1.05. The van der Waals surface area contributed by atoms with E-state index in [-0.39, 0.29) is 5.91 Å². The van der Waals surface area contributed by atoms with Gasteiger partial charge in [0.15, 0.2) is 0 Å². The Morgan fingerprint density at radius 2 is 1.89 bits per heavy atom. The molecule has 0 atom stereocenters. The lowest BCUT2D eigenvalue weighted by molar-refractivity contribution is 0.0933. The van der Waals surface area contributed by atoms with E-state index >= 15 is 0 Å². The predicted molar refractivity (Wildman–Crippen MR) is 77.8 cm³/mol. The zero-order valence-electron chi connectivity index (χ0n) is 10.8. The molecule has 0 heterocycles. The van der Waals surface area contributed by atoms with E-state index in [4.69, 9.17) is 0 Å². The van der Waals surface area contributed by atoms with Gasteiger partial charge in [-0.1, -0.05) is 41.6 Å². The average Bonchev–Trinajstić information content (AvgIpc) is 2.61. The van der Waals surface area contributed by atoms with E-state index < -0.39 is 0 Å². The third kappa shape index (κ3) is 3.58. The zero-order valence-corrected chi connectivity index (χ0v) is 12.4. The van der Waals surface area contributed by atoms with Crippen LogP contribution in [-0.2, 0) is 0 Å². The fourth-order valence-electron chi connectivity index (χ4n) is 2.48. The number of nitrogens with one attached hydrogen (secondary N) is 1. The molecule has 1 fully saturated rings. The van der Waals surface area contributed by atoms with Gasteiger partial charge in [-0.3, -0.25) is 4.79 Å². The van der Waals surface area contributed by atoms with E-state index in [2.05, 4.69) is 21.2 Å². The van der Waals surface area contributed by atoms with Crippen molar-refractivity contribution in [1.82, 2.24) is 5.32 Å². The maximum atomic E-state index is 12.2. The normalized spacial score (nSPS) is 17.2. The summed E-state index contributed by atoms with van der Waals surface area (Å²) in [6.07, 6.45) is 7.35. The number of hydrogen-bond donors (Lipinski definition) is 1. The van der Waals surface area contributed by atoms with E-state index in [9.17, 15) is 4.79 Å². The third-order valence-electron chi connectivity index (χ3n) is 3.61. The van der Waals surface area contributed by atoms with Crippen molar-refractivity contribution in [2.24, 2.45) is 0 Å². The van der Waals surface area contributed by atoms with Crippen LogP contribution >= 0.6 is 15.9 Å². The minimum absolute atomic E-state index is 0.0671. The highest BCUT2D eigenvalue weighted by Crippen LogP contribution is 2.19. The van der Waals surface area contributed by atoms with Crippen molar-refractivity contribution in [3.8, 4) is 0 Å². The Hall–Kier alpha value is -0.830. The molecule has 1 amide bonds. The monoisotopic (exact) mass is 309 g/mol. The van der Waals surface area contributed by atoms with Crippen molar-refractivity contribution in [2.75, 3.05) is 0 Å². The van der Waals surface area contributed by atoms with Crippen molar-refractivity contribution in [3.63, 3.8) is 0 Å². The van der Waals surface area contributed by atoms with Gasteiger partial charge < -0.3 is 5.32 Å². The first kappa shape index (κ1) is 13.6. The smallest absolute Gasteiger partial charge is 0.251 e. The molecule has 0 saturated heterocycles. The molecule has 0 bridgehead atoms. The van der Waals surface area contributed by atoms with Crippen molar-refractivity contribution in [2.45, 2.75) is 51.5 Å². The molecule has 1 aromatic carbocycles. The Bertz CT molecular complexity index is 423. The van der Waals surface area contributed by atoms with Crippen LogP contribution in [0, 0.1) is 6.92 Å². The second-order valence-electron chi connectivity index (χ2n) is 5.13. The van der Waals surface area contributed by atoms with E-state index in [0.29, 0.717) is 6.04 Å². The van der Waals surface area contributed by atoms with Crippen LogP contribution < -0.4 is 5.32 Å². The number of hydrogen-bond acceptors (Lipinski definition) is 1. The molecule has 0 radical (unpaired) electrons. The highest BCUT2D eigenvalue weighted by molar-refractivity contribution is 9.10. The first-order valence-corrected chi connectivity index (χ1v) is 7.53. The maximum absolute atomic E-state index is 12.2. The van der Waals surface area contributed by atoms with E-state index in [1.54, 1.807) is 0 Å². The molecule has 18 heavy (non-hydrogen) atoms. The zero-order chi connectivity index (χ0) is 13.0. The first-order chi connectivity index (χ1) is 8.66. The van der Waals surface area contributed by atoms with Gasteiger partial charge in [-0.15, -0.1) is 0 Å². The van der Waals surface area contributed by atoms with Crippen LogP contribution in [0.2, 0.25) is 0 Å². The second-order valence-corrected chi connectivity index (χ2v) is 5.98. The molecule has 1 aliphatic carbocycles. The largest absolute Gasteiger partial charge is 0.349 e. The molecule has 98 valence electrons. The molecule has 0 unspecified atom stereocenters. The minimum Gasteiger partial charge on any atom is -0.349 e. The van der Waals surface area contributed by atoms with Crippen molar-refractivity contribution in [3.05, 3.63) is 33.8 Å². The standard InChI is InChI=1S/C15H20BrNO/c1-11-10-12(8-9-14(11)16)15(18)17-13-6-4-2-3-5-7-13/h8-10,13H,2-7H2,1H3,(H,17,18). The third-order valence-corrected chi connectivity index (χ3v) is 4.50. The first-order valence-electron chi connectivity index (χ1n) is 6.74. The van der Waals surface area contributed by atoms with E-state index in [1.165, 1.54) is 25.7 Å². The van der Waals surface area contributed by atoms with Crippen LogP contribution in [-0.4, -0.2) is 11.9 Å². The van der Waals surface area contributed by atoms with Crippen LogP contribution in [0.4, 0.5) is 0 Å². The molecule has 1 N–H and O–H groups in total. The number of amides is 1. The lowest BCUT2D eigenvalue weighted by Gasteiger charge is -2.16. The molecule has 1 saturated carbocycles. The van der Waals surface area contributed by atoms with Crippen LogP contribution in [0.3, 0.4) is 0 Å². The fraction of sp³-hybridized carbons (Fsp3) is 0.533. The van der Waals surface area contributed by atoms with Crippen molar-refractivity contribution >= 4 is 21.8 Å². The van der Waals surface area contributed by atoms with Gasteiger partial charge in [-0.2, -0.15) is 0 Å². The summed E-state index contributed by atoms with van der Waals surface area (Å²) in [6, 6.07) is 6.13. The van der Waals surface area contributed by atoms with E-state index in [0.717, 1.165) is 28.4 Å². The highest BCUT2D eigenvalue weighted by atomic mass is 79.9.